The molecule has 4 rings (SSSR count). The van der Waals surface area contributed by atoms with Crippen molar-refractivity contribution in [3.8, 4) is 17.0 Å². The number of anilines is 1. The molecule has 0 amide bonds. The molecule has 0 saturated heterocycles. The van der Waals surface area contributed by atoms with Crippen molar-refractivity contribution in [1.82, 2.24) is 14.7 Å². The molecule has 0 spiro atoms. The van der Waals surface area contributed by atoms with Gasteiger partial charge in [-0.2, -0.15) is 0 Å². The summed E-state index contributed by atoms with van der Waals surface area (Å²) in [5, 5.41) is 0. The van der Waals surface area contributed by atoms with E-state index in [-0.39, 0.29) is 10.7 Å². The van der Waals surface area contributed by atoms with Crippen molar-refractivity contribution < 1.29 is 17.9 Å². The zero-order valence-corrected chi connectivity index (χ0v) is 21.0. The summed E-state index contributed by atoms with van der Waals surface area (Å²) in [6, 6.07) is 14.2. The molecule has 2 aromatic carbocycles. The summed E-state index contributed by atoms with van der Waals surface area (Å²) in [7, 11) is -1.88. The Hall–Kier alpha value is -3.17. The molecule has 186 valence electrons. The topological polar surface area (TPSA) is 104 Å². The second-order valence-electron chi connectivity index (χ2n) is 8.92. The van der Waals surface area contributed by atoms with Crippen LogP contribution in [0.2, 0.25) is 0 Å². The summed E-state index contributed by atoms with van der Waals surface area (Å²) in [6.07, 6.45) is 5.22. The van der Waals surface area contributed by atoms with Crippen LogP contribution < -0.4 is 14.4 Å². The summed E-state index contributed by atoms with van der Waals surface area (Å²) in [4.78, 5) is 21.2. The fourth-order valence-electron chi connectivity index (χ4n) is 4.19. The Balaban J connectivity index is 1.55. The van der Waals surface area contributed by atoms with E-state index in [1.807, 2.05) is 42.3 Å². The maximum Gasteiger partial charge on any atom is 0.241 e. The Morgan fingerprint density at radius 2 is 1.97 bits per heavy atom. The number of aromatic nitrogens is 2. The van der Waals surface area contributed by atoms with Gasteiger partial charge in [-0.1, -0.05) is 43.2 Å². The summed E-state index contributed by atoms with van der Waals surface area (Å²) in [5.41, 5.74) is 2.67. The molecular weight excluding hydrogens is 464 g/mol. The number of unbranched alkanes of at least 4 members (excludes halogenated alkanes) is 2. The molecule has 1 aromatic heterocycles. The lowest BCUT2D eigenvalue weighted by atomic mass is 10.1. The number of hydrogen-bond acceptors (Lipinski definition) is 6. The van der Waals surface area contributed by atoms with E-state index in [0.29, 0.717) is 31.0 Å². The maximum absolute atomic E-state index is 13.4. The monoisotopic (exact) mass is 496 g/mol. The van der Waals surface area contributed by atoms with Crippen LogP contribution >= 0.6 is 0 Å². The number of fused-ring (bicyclic) bond motifs is 1. The first-order valence-electron chi connectivity index (χ1n) is 11.9. The third-order valence-corrected chi connectivity index (χ3v) is 7.64. The predicted molar refractivity (Wildman–Crippen MR) is 136 cm³/mol. The highest BCUT2D eigenvalue weighted by Crippen LogP contribution is 2.33. The molecule has 0 unspecified atom stereocenters. The van der Waals surface area contributed by atoms with E-state index < -0.39 is 16.1 Å². The van der Waals surface area contributed by atoms with Gasteiger partial charge in [0.15, 0.2) is 0 Å². The van der Waals surface area contributed by atoms with Crippen LogP contribution in [0.25, 0.3) is 11.3 Å². The van der Waals surface area contributed by atoms with Gasteiger partial charge in [0.2, 0.25) is 10.0 Å². The fourth-order valence-corrected chi connectivity index (χ4v) is 5.44. The van der Waals surface area contributed by atoms with Crippen LogP contribution in [0.3, 0.4) is 0 Å². The first-order valence-corrected chi connectivity index (χ1v) is 13.4. The van der Waals surface area contributed by atoms with E-state index in [1.54, 1.807) is 31.3 Å². The number of Topliss-reactive ketones (excluding diaryl/α,β-unsaturated/α-hetero) is 1. The van der Waals surface area contributed by atoms with Crippen molar-refractivity contribution in [2.24, 2.45) is 0 Å². The normalized spacial score (nSPS) is 14.3. The number of ether oxygens (including phenoxy) is 1. The van der Waals surface area contributed by atoms with E-state index >= 15 is 0 Å². The highest BCUT2D eigenvalue weighted by Gasteiger charge is 2.26. The minimum atomic E-state index is -3.83. The minimum absolute atomic E-state index is 0.156. The molecule has 8 nitrogen and oxygen atoms in total. The number of rotatable bonds is 11. The highest BCUT2D eigenvalue weighted by atomic mass is 32.2. The summed E-state index contributed by atoms with van der Waals surface area (Å²) >= 11 is 0. The number of ketones is 1. The molecule has 0 radical (unpaired) electrons. The number of nitrogens with zero attached hydrogens (tertiary/aromatic N) is 2. The lowest BCUT2D eigenvalue weighted by Gasteiger charge is -2.28. The SMILES string of the molecule is CC(=O)CCCCC[C@H](NS(=O)(=O)c1ccc2c(c1)OCCN2C)c1ncc(-c2ccccc2)[nH]1. The van der Waals surface area contributed by atoms with E-state index in [4.69, 9.17) is 4.74 Å². The smallest absolute Gasteiger partial charge is 0.241 e. The molecule has 0 bridgehead atoms. The van der Waals surface area contributed by atoms with Gasteiger partial charge in [-0.3, -0.25) is 0 Å². The minimum Gasteiger partial charge on any atom is -0.490 e. The highest BCUT2D eigenvalue weighted by molar-refractivity contribution is 7.89. The van der Waals surface area contributed by atoms with Gasteiger partial charge in [0.05, 0.1) is 35.1 Å². The van der Waals surface area contributed by atoms with Gasteiger partial charge in [0.1, 0.15) is 24.0 Å². The number of likely N-dealkylation sites (N-methyl/N-ethyl adjacent to an activating group) is 1. The van der Waals surface area contributed by atoms with Gasteiger partial charge in [-0.25, -0.2) is 18.1 Å². The van der Waals surface area contributed by atoms with Gasteiger partial charge >= 0.3 is 0 Å². The zero-order chi connectivity index (χ0) is 24.8. The number of carbonyl (C=O) groups excluding carboxylic acids is 1. The first-order chi connectivity index (χ1) is 16.8. The number of hydrogen-bond donors (Lipinski definition) is 2. The molecule has 1 aliphatic heterocycles. The van der Waals surface area contributed by atoms with Crippen LogP contribution in [-0.4, -0.2) is 44.4 Å². The Morgan fingerprint density at radius 3 is 2.74 bits per heavy atom. The molecule has 1 atom stereocenters. The third kappa shape index (κ3) is 6.29. The second-order valence-corrected chi connectivity index (χ2v) is 10.6. The number of benzene rings is 2. The number of imidazole rings is 1. The lowest BCUT2D eigenvalue weighted by molar-refractivity contribution is -0.117. The third-order valence-electron chi connectivity index (χ3n) is 6.17. The van der Waals surface area contributed by atoms with Crippen LogP contribution in [-0.2, 0) is 14.8 Å². The Kier molecular flexibility index (Phi) is 7.87. The van der Waals surface area contributed by atoms with E-state index in [1.165, 1.54) is 0 Å². The van der Waals surface area contributed by atoms with Gasteiger partial charge in [-0.05, 0) is 37.5 Å². The molecule has 2 N–H and O–H groups in total. The summed E-state index contributed by atoms with van der Waals surface area (Å²) in [6.45, 7) is 2.86. The van der Waals surface area contributed by atoms with Gasteiger partial charge in [0, 0.05) is 19.5 Å². The Labute approximate surface area is 206 Å². The predicted octanol–water partition coefficient (Wildman–Crippen LogP) is 4.46. The molecule has 35 heavy (non-hydrogen) atoms. The standard InChI is InChI=1S/C26H32N4O4S/c1-19(31)9-5-3-8-12-22(26-27-18-23(28-26)20-10-6-4-7-11-20)29-35(32,33)21-13-14-24-25(17-21)34-16-15-30(24)2/h4,6-7,10-11,13-14,17-18,22,29H,3,5,8-9,12,15-16H2,1-2H3,(H,27,28)/t22-/m0/s1. The molecule has 0 aliphatic carbocycles. The van der Waals surface area contributed by atoms with Crippen molar-refractivity contribution in [2.75, 3.05) is 25.1 Å². The number of H-pyrrole nitrogens is 1. The molecule has 9 heteroatoms. The molecule has 3 aromatic rings. The lowest BCUT2D eigenvalue weighted by Crippen LogP contribution is -2.31. The number of nitrogens with one attached hydrogen (secondary N) is 2. The average Bonchev–Trinajstić information content (AvgIpc) is 3.34. The van der Waals surface area contributed by atoms with Crippen molar-refractivity contribution >= 4 is 21.5 Å². The molecular formula is C26H32N4O4S. The summed E-state index contributed by atoms with van der Waals surface area (Å²) < 4.78 is 35.3. The van der Waals surface area contributed by atoms with E-state index in [2.05, 4.69) is 14.7 Å². The maximum atomic E-state index is 13.4. The molecule has 1 aliphatic rings. The van der Waals surface area contributed by atoms with Gasteiger partial charge in [-0.15, -0.1) is 0 Å². The van der Waals surface area contributed by atoms with E-state index in [0.717, 1.165) is 42.8 Å². The van der Waals surface area contributed by atoms with Crippen LogP contribution in [0, 0.1) is 0 Å². The fraction of sp³-hybridized carbons (Fsp3) is 0.385. The van der Waals surface area contributed by atoms with Crippen molar-refractivity contribution in [3.63, 3.8) is 0 Å². The summed E-state index contributed by atoms with van der Waals surface area (Å²) in [5.74, 6) is 1.29. The van der Waals surface area contributed by atoms with Crippen LogP contribution in [0.5, 0.6) is 5.75 Å². The first kappa shape index (κ1) is 24.9. The van der Waals surface area contributed by atoms with Crippen molar-refractivity contribution in [3.05, 3.63) is 60.6 Å². The molecule has 2 heterocycles. The number of carbonyl (C=O) groups is 1. The van der Waals surface area contributed by atoms with Crippen LogP contribution in [0.4, 0.5) is 5.69 Å². The van der Waals surface area contributed by atoms with Crippen molar-refractivity contribution in [1.29, 1.82) is 0 Å². The largest absolute Gasteiger partial charge is 0.490 e. The van der Waals surface area contributed by atoms with Crippen LogP contribution in [0.1, 0.15) is 50.9 Å². The van der Waals surface area contributed by atoms with Gasteiger partial charge < -0.3 is 19.4 Å². The second kappa shape index (κ2) is 11.0. The van der Waals surface area contributed by atoms with Crippen LogP contribution in [0.15, 0.2) is 59.6 Å². The van der Waals surface area contributed by atoms with E-state index in [9.17, 15) is 13.2 Å². The van der Waals surface area contributed by atoms with Crippen molar-refractivity contribution in [2.45, 2.75) is 50.0 Å². The zero-order valence-electron chi connectivity index (χ0n) is 20.2. The van der Waals surface area contributed by atoms with Gasteiger partial charge in [0.25, 0.3) is 0 Å². The quantitative estimate of drug-likeness (QED) is 0.380. The average molecular weight is 497 g/mol. The number of sulfonamides is 1. The Morgan fingerprint density at radius 1 is 1.17 bits per heavy atom. The number of aromatic amines is 1. The molecule has 0 saturated carbocycles. The Bertz CT molecular complexity index is 1260. The molecule has 0 fully saturated rings.